The van der Waals surface area contributed by atoms with Gasteiger partial charge in [-0.25, -0.2) is 13.6 Å². The van der Waals surface area contributed by atoms with Crippen LogP contribution >= 0.6 is 0 Å². The fraction of sp³-hybridized carbons (Fsp3) is 0.609. The minimum absolute atomic E-state index is 0.0340. The van der Waals surface area contributed by atoms with Gasteiger partial charge in [-0.3, -0.25) is 19.7 Å². The van der Waals surface area contributed by atoms with Gasteiger partial charge in [-0.05, 0) is 37.4 Å². The van der Waals surface area contributed by atoms with Gasteiger partial charge in [0.05, 0.1) is 22.4 Å². The summed E-state index contributed by atoms with van der Waals surface area (Å²) in [5.41, 5.74) is 2.65. The van der Waals surface area contributed by atoms with Gasteiger partial charge < -0.3 is 16.2 Å². The van der Waals surface area contributed by atoms with Crippen molar-refractivity contribution in [3.05, 3.63) is 29.8 Å². The summed E-state index contributed by atoms with van der Waals surface area (Å²) in [5.74, 6) is -3.43. The lowest BCUT2D eigenvalue weighted by molar-refractivity contribution is -0.215. The van der Waals surface area contributed by atoms with Crippen molar-refractivity contribution in [3.8, 4) is 0 Å². The van der Waals surface area contributed by atoms with Crippen LogP contribution in [0, 0.1) is 11.3 Å². The van der Waals surface area contributed by atoms with E-state index in [2.05, 4.69) is 10.6 Å². The van der Waals surface area contributed by atoms with Gasteiger partial charge in [0.1, 0.15) is 0 Å². The number of rotatable bonds is 10. The number of hydrogen-bond acceptors (Lipinski definition) is 8. The van der Waals surface area contributed by atoms with Gasteiger partial charge >= 0.3 is 6.18 Å². The van der Waals surface area contributed by atoms with Crippen LogP contribution in [0.3, 0.4) is 0 Å². The number of primary sulfonamides is 1. The van der Waals surface area contributed by atoms with Crippen LogP contribution in [-0.4, -0.2) is 67.4 Å². The fourth-order valence-electron chi connectivity index (χ4n) is 4.25. The predicted octanol–water partition coefficient (Wildman–Crippen LogP) is 0.626. The average Bonchev–Trinajstić information content (AvgIpc) is 3.30. The molecule has 0 aromatic heterocycles. The van der Waals surface area contributed by atoms with Crippen LogP contribution in [0.4, 0.5) is 13.2 Å². The Labute approximate surface area is 213 Å². The minimum Gasteiger partial charge on any atom is -0.382 e. The van der Waals surface area contributed by atoms with Crippen LogP contribution in [0.1, 0.15) is 50.9 Å². The number of carbonyl (C=O) groups is 3. The highest BCUT2D eigenvalue weighted by Gasteiger charge is 2.55. The molecule has 7 N–H and O–H groups in total. The maximum Gasteiger partial charge on any atom is 0.416 e. The molecular weight excluding hydrogens is 517 g/mol. The third kappa shape index (κ3) is 6.37. The van der Waals surface area contributed by atoms with E-state index in [1.807, 2.05) is 0 Å². The Hall–Kier alpha value is -2.39. The van der Waals surface area contributed by atoms with Crippen molar-refractivity contribution < 1.29 is 41.1 Å². The number of aliphatic hydroxyl groups excluding tert-OH is 1. The van der Waals surface area contributed by atoms with E-state index in [4.69, 9.17) is 10.9 Å². The van der Waals surface area contributed by atoms with Crippen molar-refractivity contribution >= 4 is 27.5 Å². The Morgan fingerprint density at radius 3 is 2.08 bits per heavy atom. The summed E-state index contributed by atoms with van der Waals surface area (Å²) in [5, 5.41) is 19.8. The average molecular weight is 551 g/mol. The second-order valence-corrected chi connectivity index (χ2v) is 11.7. The summed E-state index contributed by atoms with van der Waals surface area (Å²) in [6.45, 7) is 5.70. The highest BCUT2D eigenvalue weighted by molar-refractivity contribution is 7.89. The van der Waals surface area contributed by atoms with E-state index in [-0.39, 0.29) is 23.4 Å². The fourth-order valence-corrected chi connectivity index (χ4v) is 4.77. The van der Waals surface area contributed by atoms with Gasteiger partial charge in [0.15, 0.2) is 23.2 Å². The molecule has 1 amide bonds. The van der Waals surface area contributed by atoms with Gasteiger partial charge in [0, 0.05) is 5.56 Å². The van der Waals surface area contributed by atoms with Crippen LogP contribution < -0.4 is 21.5 Å². The number of nitrogens with one attached hydrogen (secondary N) is 2. The molecule has 10 nitrogen and oxygen atoms in total. The molecule has 1 aliphatic rings. The van der Waals surface area contributed by atoms with E-state index in [0.717, 1.165) is 12.1 Å². The highest BCUT2D eigenvalue weighted by atomic mass is 32.2. The van der Waals surface area contributed by atoms with E-state index >= 15 is 0 Å². The maximum absolute atomic E-state index is 13.6. The number of sulfonamides is 1. The Morgan fingerprint density at radius 1 is 1.14 bits per heavy atom. The lowest BCUT2D eigenvalue weighted by Gasteiger charge is -2.37. The number of ketones is 2. The molecule has 0 aliphatic carbocycles. The van der Waals surface area contributed by atoms with Crippen LogP contribution in [0.25, 0.3) is 0 Å². The third-order valence-electron chi connectivity index (χ3n) is 6.75. The molecule has 0 radical (unpaired) electrons. The van der Waals surface area contributed by atoms with Crippen LogP contribution in [-0.2, 0) is 19.6 Å². The molecule has 37 heavy (non-hydrogen) atoms. The number of benzene rings is 1. The Morgan fingerprint density at radius 2 is 1.68 bits per heavy atom. The molecule has 1 heterocycles. The Bertz CT molecular complexity index is 1130. The molecule has 1 fully saturated rings. The van der Waals surface area contributed by atoms with Crippen molar-refractivity contribution in [2.24, 2.45) is 22.2 Å². The molecule has 0 bridgehead atoms. The van der Waals surface area contributed by atoms with Crippen molar-refractivity contribution in [2.45, 2.75) is 75.3 Å². The van der Waals surface area contributed by atoms with Gasteiger partial charge in [0.25, 0.3) is 0 Å². The number of carbonyl (C=O) groups excluding carboxylic acids is 3. The zero-order valence-electron chi connectivity index (χ0n) is 20.9. The first-order chi connectivity index (χ1) is 16.8. The zero-order chi connectivity index (χ0) is 28.6. The van der Waals surface area contributed by atoms with Gasteiger partial charge in [-0.1, -0.05) is 39.8 Å². The molecule has 1 aliphatic heterocycles. The normalized spacial score (nSPS) is 21.4. The van der Waals surface area contributed by atoms with E-state index in [9.17, 15) is 41.1 Å². The topological polar surface area (TPSA) is 182 Å². The molecule has 4 atom stereocenters. The first-order valence-electron chi connectivity index (χ1n) is 11.5. The van der Waals surface area contributed by atoms with Gasteiger partial charge in [-0.2, -0.15) is 13.2 Å². The molecule has 14 heteroatoms. The smallest absolute Gasteiger partial charge is 0.382 e. The summed E-state index contributed by atoms with van der Waals surface area (Å²) in [6, 6.07) is 1.36. The molecular formula is C23H33F3N4O6S. The van der Waals surface area contributed by atoms with Crippen molar-refractivity contribution in [1.29, 1.82) is 0 Å². The lowest BCUT2D eigenvalue weighted by atomic mass is 9.71. The molecule has 1 aromatic rings. The summed E-state index contributed by atoms with van der Waals surface area (Å²) < 4.78 is 62.5. The summed E-state index contributed by atoms with van der Waals surface area (Å²) in [4.78, 5) is 39.9. The molecule has 208 valence electrons. The van der Waals surface area contributed by atoms with Crippen molar-refractivity contribution in [1.82, 2.24) is 10.6 Å². The molecule has 2 rings (SSSR count). The summed E-state index contributed by atoms with van der Waals surface area (Å²) in [6.07, 6.45) is -7.61. The summed E-state index contributed by atoms with van der Waals surface area (Å²) >= 11 is 0. The monoisotopic (exact) mass is 550 g/mol. The molecule has 0 spiro atoms. The number of hydrogen-bond donors (Lipinski definition) is 5. The number of Topliss-reactive ketones (excluding diaryl/α,β-unsaturated/α-hetero) is 2. The van der Waals surface area contributed by atoms with E-state index < -0.39 is 68.7 Å². The number of amides is 1. The van der Waals surface area contributed by atoms with Crippen LogP contribution in [0.5, 0.6) is 0 Å². The first-order valence-corrected chi connectivity index (χ1v) is 13.1. The molecule has 0 saturated carbocycles. The van der Waals surface area contributed by atoms with Gasteiger partial charge in [0.2, 0.25) is 15.9 Å². The quantitative estimate of drug-likeness (QED) is 0.208. The standard InChI is InChI=1S/C23H33F3N4O6S/c1-12(2)15(18(32)23(24,25)26)30-20(34)22(10-5-11-29-22)19(33)16(27)21(3,4)17(31)13-6-8-14(9-7-13)37(28,35)36/h6-9,12,15-16,18,29,32H,5,10-11,27H2,1-4H3,(H,30,34)(H2,28,35,36)/t15?,16-,18?,22+/m1/s1. The van der Waals surface area contributed by atoms with E-state index in [1.165, 1.54) is 39.8 Å². The van der Waals surface area contributed by atoms with Crippen LogP contribution in [0.15, 0.2) is 29.2 Å². The highest BCUT2D eigenvalue weighted by Crippen LogP contribution is 2.32. The SMILES string of the molecule is CC(C)C(NC(=O)[C@@]1(C(=O)[C@@H](N)C(C)(C)C(=O)c2ccc(S(N)(=O)=O)cc2)CCCN1)C(O)C(F)(F)F. The summed E-state index contributed by atoms with van der Waals surface area (Å²) in [7, 11) is -4.00. The largest absolute Gasteiger partial charge is 0.416 e. The van der Waals surface area contributed by atoms with Gasteiger partial charge in [-0.15, -0.1) is 0 Å². The van der Waals surface area contributed by atoms with Crippen LogP contribution in [0.2, 0.25) is 0 Å². The van der Waals surface area contributed by atoms with Crippen molar-refractivity contribution in [2.75, 3.05) is 6.54 Å². The second-order valence-electron chi connectivity index (χ2n) is 10.1. The Balaban J connectivity index is 2.36. The number of halogens is 3. The minimum atomic E-state index is -5.01. The first kappa shape index (κ1) is 30.8. The molecule has 1 saturated heterocycles. The van der Waals surface area contributed by atoms with E-state index in [0.29, 0.717) is 6.42 Å². The second kappa shape index (κ2) is 10.8. The number of nitrogens with two attached hydrogens (primary N) is 2. The molecule has 1 aromatic carbocycles. The number of alkyl halides is 3. The van der Waals surface area contributed by atoms with Crippen molar-refractivity contribution in [3.63, 3.8) is 0 Å². The lowest BCUT2D eigenvalue weighted by Crippen LogP contribution is -2.68. The van der Waals surface area contributed by atoms with E-state index in [1.54, 1.807) is 0 Å². The predicted molar refractivity (Wildman–Crippen MR) is 128 cm³/mol. The zero-order valence-corrected chi connectivity index (χ0v) is 21.7. The Kier molecular flexibility index (Phi) is 8.97. The third-order valence-corrected chi connectivity index (χ3v) is 7.67. The maximum atomic E-state index is 13.6. The number of aliphatic hydroxyl groups is 1. The molecule has 2 unspecified atom stereocenters.